The molecule has 2 fully saturated rings. The molecule has 1 saturated carbocycles. The van der Waals surface area contributed by atoms with E-state index in [2.05, 4.69) is 32.1 Å². The highest BCUT2D eigenvalue weighted by atomic mass is 19.3. The van der Waals surface area contributed by atoms with Crippen molar-refractivity contribution in [3.63, 3.8) is 0 Å². The van der Waals surface area contributed by atoms with Crippen molar-refractivity contribution in [1.82, 2.24) is 25.2 Å². The lowest BCUT2D eigenvalue weighted by Crippen LogP contribution is -2.60. The van der Waals surface area contributed by atoms with Crippen LogP contribution in [0.5, 0.6) is 5.75 Å². The second-order valence-corrected chi connectivity index (χ2v) is 8.75. The van der Waals surface area contributed by atoms with Gasteiger partial charge in [0.05, 0.1) is 23.3 Å². The highest BCUT2D eigenvalue weighted by Gasteiger charge is 2.58. The molecule has 5 rings (SSSR count). The average Bonchev–Trinajstić information content (AvgIpc) is 3.39. The number of aromatic nitrogens is 3. The third-order valence-corrected chi connectivity index (χ3v) is 6.24. The molecule has 1 aliphatic heterocycles. The van der Waals surface area contributed by atoms with Crippen molar-refractivity contribution in [2.45, 2.75) is 50.9 Å². The number of carbonyl (C=O) groups excluding carboxylic acids is 1. The van der Waals surface area contributed by atoms with Gasteiger partial charge in [0, 0.05) is 37.3 Å². The lowest BCUT2D eigenvalue weighted by atomic mass is 10.00. The molecule has 0 aromatic carbocycles. The Bertz CT molecular complexity index is 1280. The highest BCUT2D eigenvalue weighted by Crippen LogP contribution is 2.41. The quantitative estimate of drug-likeness (QED) is 0.592. The number of fused-ring (bicyclic) bond motifs is 1. The van der Waals surface area contributed by atoms with Gasteiger partial charge in [-0.15, -0.1) is 0 Å². The summed E-state index contributed by atoms with van der Waals surface area (Å²) in [5, 5.41) is 2.27. The number of pyridine rings is 3. The summed E-state index contributed by atoms with van der Waals surface area (Å²) in [6.07, 6.45) is 2.86. The predicted molar refractivity (Wildman–Crippen MR) is 116 cm³/mol. The topological polar surface area (TPSA) is 100 Å². The molecule has 3 aromatic rings. The van der Waals surface area contributed by atoms with E-state index in [0.29, 0.717) is 29.9 Å². The molecule has 1 amide bonds. The molecule has 172 valence electrons. The van der Waals surface area contributed by atoms with Crippen LogP contribution in [-0.4, -0.2) is 56.4 Å². The van der Waals surface area contributed by atoms with Gasteiger partial charge in [0.1, 0.15) is 17.5 Å². The number of rotatable bonds is 6. The van der Waals surface area contributed by atoms with Crippen molar-refractivity contribution < 1.29 is 18.3 Å². The van der Waals surface area contributed by atoms with Crippen molar-refractivity contribution in [1.29, 1.82) is 0 Å². The number of nitrogens with zero attached hydrogens (tertiary/aromatic N) is 3. The first-order valence-corrected chi connectivity index (χ1v) is 10.7. The van der Waals surface area contributed by atoms with E-state index in [-0.39, 0.29) is 29.8 Å². The van der Waals surface area contributed by atoms with Gasteiger partial charge in [-0.25, -0.2) is 13.8 Å². The van der Waals surface area contributed by atoms with Crippen LogP contribution < -0.4 is 15.6 Å². The van der Waals surface area contributed by atoms with Crippen LogP contribution in [0.4, 0.5) is 8.78 Å². The van der Waals surface area contributed by atoms with E-state index in [0.717, 1.165) is 11.1 Å². The summed E-state index contributed by atoms with van der Waals surface area (Å²) >= 11 is 0. The van der Waals surface area contributed by atoms with Gasteiger partial charge in [0.2, 0.25) is 0 Å². The molecule has 10 heteroatoms. The molecule has 0 spiro atoms. The Hall–Kier alpha value is -3.40. The van der Waals surface area contributed by atoms with Crippen LogP contribution >= 0.6 is 0 Å². The fraction of sp³-hybridized carbons (Fsp3) is 0.391. The number of halogens is 2. The average molecular weight is 455 g/mol. The molecular weight excluding hydrogens is 432 g/mol. The largest absolute Gasteiger partial charge is 0.486 e. The van der Waals surface area contributed by atoms with Crippen LogP contribution in [0.2, 0.25) is 0 Å². The molecule has 0 radical (unpaired) electrons. The molecule has 1 aliphatic carbocycles. The van der Waals surface area contributed by atoms with Crippen molar-refractivity contribution in [2.24, 2.45) is 0 Å². The van der Waals surface area contributed by atoms with Gasteiger partial charge in [-0.3, -0.25) is 19.5 Å². The zero-order chi connectivity index (χ0) is 23.3. The summed E-state index contributed by atoms with van der Waals surface area (Å²) < 4.78 is 31.9. The molecule has 3 atom stereocenters. The van der Waals surface area contributed by atoms with E-state index in [4.69, 9.17) is 4.74 Å². The number of H-pyrrole nitrogens is 1. The molecule has 1 saturated heterocycles. The van der Waals surface area contributed by atoms with Crippen molar-refractivity contribution in [3.8, 4) is 5.75 Å². The van der Waals surface area contributed by atoms with Crippen LogP contribution in [0.15, 0.2) is 41.5 Å². The summed E-state index contributed by atoms with van der Waals surface area (Å²) in [5.74, 6) is -2.92. The molecule has 8 nitrogen and oxygen atoms in total. The molecule has 0 bridgehead atoms. The lowest BCUT2D eigenvalue weighted by Gasteiger charge is -2.45. The third-order valence-electron chi connectivity index (χ3n) is 6.24. The van der Waals surface area contributed by atoms with E-state index in [1.807, 2.05) is 12.3 Å². The summed E-state index contributed by atoms with van der Waals surface area (Å²) in [5.41, 5.74) is 3.05. The zero-order valence-corrected chi connectivity index (χ0v) is 18.1. The normalized spacial score (nSPS) is 23.7. The smallest absolute Gasteiger partial charge is 0.270 e. The maximum Gasteiger partial charge on any atom is 0.270 e. The zero-order valence-electron chi connectivity index (χ0n) is 18.1. The van der Waals surface area contributed by atoms with Crippen molar-refractivity contribution in [3.05, 3.63) is 63.8 Å². The summed E-state index contributed by atoms with van der Waals surface area (Å²) in [7, 11) is 0. The molecule has 2 N–H and O–H groups in total. The maximum atomic E-state index is 13.0. The van der Waals surface area contributed by atoms with Gasteiger partial charge in [-0.2, -0.15) is 0 Å². The Morgan fingerprint density at radius 2 is 2.09 bits per heavy atom. The molecule has 3 aromatic heterocycles. The molecule has 2 aliphatic rings. The van der Waals surface area contributed by atoms with Gasteiger partial charge < -0.3 is 15.0 Å². The number of likely N-dealkylation sites (tertiary alicyclic amines) is 1. The summed E-state index contributed by atoms with van der Waals surface area (Å²) in [6, 6.07) is 5.83. The van der Waals surface area contributed by atoms with Gasteiger partial charge in [-0.1, -0.05) is 0 Å². The number of nitrogens with one attached hydrogen (secondary N) is 2. The number of amides is 1. The van der Waals surface area contributed by atoms with Crippen LogP contribution in [0.3, 0.4) is 0 Å². The van der Waals surface area contributed by atoms with Crippen LogP contribution in [0.25, 0.3) is 11.0 Å². The van der Waals surface area contributed by atoms with Crippen LogP contribution in [0, 0.1) is 6.92 Å². The van der Waals surface area contributed by atoms with E-state index < -0.39 is 17.9 Å². The Balaban J connectivity index is 1.16. The van der Waals surface area contributed by atoms with Gasteiger partial charge in [-0.05, 0) is 43.7 Å². The highest BCUT2D eigenvalue weighted by molar-refractivity contribution is 5.92. The fourth-order valence-corrected chi connectivity index (χ4v) is 3.90. The number of aryl methyl sites for hydroxylation is 1. The van der Waals surface area contributed by atoms with E-state index in [1.54, 1.807) is 19.1 Å². The SMILES string of the molecule is Cc1cc2ncc(CN3C[C@H](Oc4ccc(C(=O)N[C@@H]5CC5(F)F)nc4)[C@H]3C)cc2[nH]c1=O. The number of ether oxygens (including phenoxy) is 1. The monoisotopic (exact) mass is 455 g/mol. The minimum absolute atomic E-state index is 0.0486. The maximum absolute atomic E-state index is 13.0. The molecule has 4 heterocycles. The van der Waals surface area contributed by atoms with E-state index in [9.17, 15) is 18.4 Å². The lowest BCUT2D eigenvalue weighted by molar-refractivity contribution is -0.0415. The third kappa shape index (κ3) is 4.30. The number of carbonyl (C=O) groups is 1. The molecule has 33 heavy (non-hydrogen) atoms. The first-order chi connectivity index (χ1) is 15.7. The summed E-state index contributed by atoms with van der Waals surface area (Å²) in [4.78, 5) is 37.4. The number of hydrogen-bond acceptors (Lipinski definition) is 6. The summed E-state index contributed by atoms with van der Waals surface area (Å²) in [6.45, 7) is 5.17. The van der Waals surface area contributed by atoms with E-state index >= 15 is 0 Å². The Labute approximate surface area is 188 Å². The number of alkyl halides is 2. The second kappa shape index (κ2) is 7.87. The van der Waals surface area contributed by atoms with Crippen LogP contribution in [0.1, 0.15) is 35.0 Å². The molecular formula is C23H23F2N5O3. The van der Waals surface area contributed by atoms with Gasteiger partial charge in [0.25, 0.3) is 17.4 Å². The first kappa shape index (κ1) is 21.4. The van der Waals surface area contributed by atoms with Crippen molar-refractivity contribution in [2.75, 3.05) is 6.54 Å². The number of hydrogen-bond donors (Lipinski definition) is 2. The van der Waals surface area contributed by atoms with Crippen molar-refractivity contribution >= 4 is 16.9 Å². The minimum atomic E-state index is -2.82. The first-order valence-electron chi connectivity index (χ1n) is 10.7. The van der Waals surface area contributed by atoms with Gasteiger partial charge >= 0.3 is 0 Å². The molecule has 0 unspecified atom stereocenters. The van der Waals surface area contributed by atoms with E-state index in [1.165, 1.54) is 12.3 Å². The Morgan fingerprint density at radius 1 is 1.30 bits per heavy atom. The second-order valence-electron chi connectivity index (χ2n) is 8.75. The fourth-order valence-electron chi connectivity index (χ4n) is 3.90. The Kier molecular flexibility index (Phi) is 5.12. The van der Waals surface area contributed by atoms with Crippen LogP contribution in [-0.2, 0) is 6.54 Å². The van der Waals surface area contributed by atoms with Gasteiger partial charge in [0.15, 0.2) is 0 Å². The predicted octanol–water partition coefficient (Wildman–Crippen LogP) is 2.42. The standard InChI is InChI=1S/C23H23F2N5O3/c1-12-5-17-18(28-21(12)31)6-14(8-26-17)10-30-11-19(13(30)2)33-15-3-4-16(27-9-15)22(32)29-20-7-23(20,24)25/h3-6,8-9,13,19-20H,7,10-11H2,1-2H3,(H,28,31)(H,29,32)/t13-,19+,20-/m1/s1. The number of aromatic amines is 1. The minimum Gasteiger partial charge on any atom is -0.486 e. The Morgan fingerprint density at radius 3 is 2.76 bits per heavy atom.